The Labute approximate surface area is 203 Å². The van der Waals surface area contributed by atoms with E-state index in [1.54, 1.807) is 18.9 Å². The van der Waals surface area contributed by atoms with E-state index in [4.69, 9.17) is 4.74 Å². The fraction of sp³-hybridized carbons (Fsp3) is 0.348. The maximum Gasteiger partial charge on any atom is 0.266 e. The number of aryl methyl sites for hydroxylation is 4. The molecule has 11 heteroatoms. The van der Waals surface area contributed by atoms with Crippen LogP contribution in [-0.2, 0) is 11.8 Å². The summed E-state index contributed by atoms with van der Waals surface area (Å²) in [7, 11) is 1.63. The van der Waals surface area contributed by atoms with Crippen molar-refractivity contribution in [2.75, 3.05) is 31.6 Å². The molecule has 0 saturated carbocycles. The Bertz CT molecular complexity index is 1530. The molecule has 4 aromatic rings. The van der Waals surface area contributed by atoms with Crippen molar-refractivity contribution in [3.05, 3.63) is 49.3 Å². The normalized spacial score (nSPS) is 14.2. The van der Waals surface area contributed by atoms with E-state index in [1.807, 2.05) is 19.9 Å². The zero-order chi connectivity index (χ0) is 24.1. The van der Waals surface area contributed by atoms with Gasteiger partial charge in [-0.15, -0.1) is 22.7 Å². The van der Waals surface area contributed by atoms with E-state index in [2.05, 4.69) is 15.3 Å². The number of amides is 2. The molecule has 4 aromatic heterocycles. The summed E-state index contributed by atoms with van der Waals surface area (Å²) in [5, 5.41) is 4.19. The van der Waals surface area contributed by atoms with E-state index in [1.165, 1.54) is 33.6 Å². The second kappa shape index (κ2) is 8.57. The first-order valence-electron chi connectivity index (χ1n) is 10.8. The number of fused-ring (bicyclic) bond motifs is 2. The minimum atomic E-state index is -0.377. The van der Waals surface area contributed by atoms with Crippen molar-refractivity contribution in [2.24, 2.45) is 7.05 Å². The summed E-state index contributed by atoms with van der Waals surface area (Å²) in [5.41, 5.74) is 2.62. The molecular formula is C23H23N5O4S2. The lowest BCUT2D eigenvalue weighted by Crippen LogP contribution is -2.40. The molecule has 34 heavy (non-hydrogen) atoms. The third kappa shape index (κ3) is 3.69. The van der Waals surface area contributed by atoms with Gasteiger partial charge in [-0.3, -0.25) is 14.4 Å². The number of ether oxygens (including phenoxy) is 1. The van der Waals surface area contributed by atoms with Crippen LogP contribution in [0.15, 0.2) is 17.2 Å². The Kier molecular flexibility index (Phi) is 5.70. The number of thiophene rings is 2. The number of anilines is 1. The highest BCUT2D eigenvalue weighted by Gasteiger charge is 2.28. The van der Waals surface area contributed by atoms with Gasteiger partial charge in [0.25, 0.3) is 17.4 Å². The van der Waals surface area contributed by atoms with Crippen LogP contribution in [0.2, 0.25) is 0 Å². The number of pyridine rings is 1. The highest BCUT2D eigenvalue weighted by molar-refractivity contribution is 7.21. The summed E-state index contributed by atoms with van der Waals surface area (Å²) >= 11 is 2.46. The topological polar surface area (TPSA) is 106 Å². The van der Waals surface area contributed by atoms with E-state index >= 15 is 0 Å². The number of nitrogens with zero attached hydrogens (tertiary/aromatic N) is 4. The van der Waals surface area contributed by atoms with Crippen molar-refractivity contribution in [1.82, 2.24) is 19.4 Å². The number of carbonyl (C=O) groups excluding carboxylic acids is 2. The van der Waals surface area contributed by atoms with Crippen LogP contribution in [0.1, 0.15) is 36.2 Å². The predicted octanol–water partition coefficient (Wildman–Crippen LogP) is 3.25. The van der Waals surface area contributed by atoms with Gasteiger partial charge in [0, 0.05) is 31.2 Å². The summed E-state index contributed by atoms with van der Waals surface area (Å²) in [4.78, 5) is 52.2. The van der Waals surface area contributed by atoms with Gasteiger partial charge in [0.05, 0.1) is 35.5 Å². The maximum atomic E-state index is 13.5. The van der Waals surface area contributed by atoms with E-state index in [-0.39, 0.29) is 17.4 Å². The van der Waals surface area contributed by atoms with Crippen LogP contribution in [0.5, 0.6) is 0 Å². The number of hydrogen-bond donors (Lipinski definition) is 1. The van der Waals surface area contributed by atoms with Crippen molar-refractivity contribution < 1.29 is 14.3 Å². The molecule has 1 fully saturated rings. The fourth-order valence-corrected chi connectivity index (χ4v) is 6.47. The van der Waals surface area contributed by atoms with Gasteiger partial charge in [0.15, 0.2) is 0 Å². The molecule has 2 amide bonds. The average Bonchev–Trinajstić information content (AvgIpc) is 3.34. The van der Waals surface area contributed by atoms with Crippen molar-refractivity contribution in [2.45, 2.75) is 20.8 Å². The summed E-state index contributed by atoms with van der Waals surface area (Å²) in [6, 6.07) is 1.94. The van der Waals surface area contributed by atoms with Gasteiger partial charge in [0.1, 0.15) is 14.5 Å². The molecule has 1 aliphatic rings. The Morgan fingerprint density at radius 3 is 2.50 bits per heavy atom. The van der Waals surface area contributed by atoms with Crippen LogP contribution < -0.4 is 10.9 Å². The van der Waals surface area contributed by atoms with Crippen molar-refractivity contribution in [3.8, 4) is 0 Å². The molecule has 0 bridgehead atoms. The van der Waals surface area contributed by atoms with Gasteiger partial charge in [0.2, 0.25) is 0 Å². The van der Waals surface area contributed by atoms with E-state index in [0.29, 0.717) is 62.4 Å². The van der Waals surface area contributed by atoms with Crippen molar-refractivity contribution in [3.63, 3.8) is 0 Å². The minimum absolute atomic E-state index is 0.151. The largest absolute Gasteiger partial charge is 0.378 e. The highest BCUT2D eigenvalue weighted by Crippen LogP contribution is 2.39. The predicted molar refractivity (Wildman–Crippen MR) is 133 cm³/mol. The maximum absolute atomic E-state index is 13.5. The van der Waals surface area contributed by atoms with Crippen LogP contribution in [0, 0.1) is 20.8 Å². The smallest absolute Gasteiger partial charge is 0.266 e. The van der Waals surface area contributed by atoms with Gasteiger partial charge >= 0.3 is 0 Å². The van der Waals surface area contributed by atoms with Crippen LogP contribution >= 0.6 is 22.7 Å². The first kappa shape index (κ1) is 22.6. The zero-order valence-corrected chi connectivity index (χ0v) is 20.9. The zero-order valence-electron chi connectivity index (χ0n) is 19.2. The Hall–Kier alpha value is -3.15. The average molecular weight is 498 g/mol. The molecule has 1 N–H and O–H groups in total. The second-order valence-corrected chi connectivity index (χ2v) is 10.3. The first-order valence-corrected chi connectivity index (χ1v) is 12.4. The van der Waals surface area contributed by atoms with Crippen LogP contribution in [0.3, 0.4) is 0 Å². The van der Waals surface area contributed by atoms with Gasteiger partial charge in [-0.05, 0) is 38.0 Å². The Morgan fingerprint density at radius 2 is 1.76 bits per heavy atom. The summed E-state index contributed by atoms with van der Waals surface area (Å²) in [6.07, 6.45) is 1.45. The summed E-state index contributed by atoms with van der Waals surface area (Å²) < 4.78 is 6.78. The van der Waals surface area contributed by atoms with Crippen LogP contribution in [-0.4, -0.2) is 57.6 Å². The number of morpholine rings is 1. The second-order valence-electron chi connectivity index (χ2n) is 8.32. The molecular weight excluding hydrogens is 474 g/mol. The molecule has 0 unspecified atom stereocenters. The van der Waals surface area contributed by atoms with Gasteiger partial charge < -0.3 is 19.5 Å². The lowest BCUT2D eigenvalue weighted by atomic mass is 10.1. The van der Waals surface area contributed by atoms with Crippen LogP contribution in [0.25, 0.3) is 20.4 Å². The molecule has 5 heterocycles. The SMILES string of the molecule is Cc1cc(C)c2c(NC(=O)c3sc4ncn(C)c(=O)c4c3C)c(C(=O)N3CCOCC3)sc2n1. The third-order valence-electron chi connectivity index (χ3n) is 5.94. The molecule has 0 radical (unpaired) electrons. The van der Waals surface area contributed by atoms with Crippen molar-refractivity contribution >= 4 is 60.6 Å². The molecule has 0 spiro atoms. The molecule has 0 aromatic carbocycles. The van der Waals surface area contributed by atoms with Gasteiger partial charge in [-0.25, -0.2) is 9.97 Å². The van der Waals surface area contributed by atoms with E-state index < -0.39 is 0 Å². The number of rotatable bonds is 3. The third-order valence-corrected chi connectivity index (χ3v) is 8.21. The molecule has 1 saturated heterocycles. The monoisotopic (exact) mass is 497 g/mol. The minimum Gasteiger partial charge on any atom is -0.378 e. The Balaban J connectivity index is 1.62. The van der Waals surface area contributed by atoms with Gasteiger partial charge in [-0.1, -0.05) is 0 Å². The molecule has 176 valence electrons. The quantitative estimate of drug-likeness (QED) is 0.466. The molecule has 0 aliphatic carbocycles. The molecule has 5 rings (SSSR count). The number of carbonyl (C=O) groups is 2. The molecule has 0 atom stereocenters. The Morgan fingerprint density at radius 1 is 1.06 bits per heavy atom. The fourth-order valence-electron chi connectivity index (χ4n) is 4.22. The highest BCUT2D eigenvalue weighted by atomic mass is 32.1. The van der Waals surface area contributed by atoms with E-state index in [0.717, 1.165) is 16.6 Å². The number of nitrogens with one attached hydrogen (secondary N) is 1. The number of aromatic nitrogens is 3. The first-order chi connectivity index (χ1) is 16.3. The van der Waals surface area contributed by atoms with E-state index in [9.17, 15) is 14.4 Å². The number of hydrogen-bond acceptors (Lipinski definition) is 8. The lowest BCUT2D eigenvalue weighted by molar-refractivity contribution is 0.0307. The lowest BCUT2D eigenvalue weighted by Gasteiger charge is -2.26. The summed E-state index contributed by atoms with van der Waals surface area (Å²) in [5.74, 6) is -0.527. The van der Waals surface area contributed by atoms with Crippen molar-refractivity contribution in [1.29, 1.82) is 0 Å². The summed E-state index contributed by atoms with van der Waals surface area (Å²) in [6.45, 7) is 7.56. The van der Waals surface area contributed by atoms with Gasteiger partial charge in [-0.2, -0.15) is 0 Å². The standard InChI is InChI=1S/C23H23N5O4S2/c1-11-9-12(2)25-21-14(11)16(18(34-21)23(31)28-5-7-32-8-6-28)26-19(29)17-13(3)15-20(33-17)24-10-27(4)22(15)30/h9-10H,5-8H2,1-4H3,(H,26,29). The molecule has 9 nitrogen and oxygen atoms in total. The van der Waals surface area contributed by atoms with Crippen LogP contribution in [0.4, 0.5) is 5.69 Å². The molecule has 1 aliphatic heterocycles.